The van der Waals surface area contributed by atoms with Gasteiger partial charge in [-0.1, -0.05) is 6.58 Å². The van der Waals surface area contributed by atoms with Crippen LogP contribution in [0.2, 0.25) is 0 Å². The number of hydrogen-bond acceptors (Lipinski definition) is 3. The van der Waals surface area contributed by atoms with E-state index in [-0.39, 0.29) is 11.8 Å². The molecule has 0 bridgehead atoms. The Hall–Kier alpha value is -2.17. The molecule has 21 heavy (non-hydrogen) atoms. The second-order valence-electron chi connectivity index (χ2n) is 5.47. The van der Waals surface area contributed by atoms with E-state index in [1.807, 2.05) is 4.90 Å². The maximum absolute atomic E-state index is 11.9. The minimum atomic E-state index is -0.0939. The number of likely N-dealkylation sites (tertiary alicyclic amines) is 1. The standard InChI is InChI=1S/C16H21N3O2/c1-12(2)16(21)19-8-5-13(6-9-19)10-18-15(20)14-4-3-7-17-11-14/h3-4,7,11,13H,1,5-6,8-10H2,2H3,(H,18,20). The summed E-state index contributed by atoms with van der Waals surface area (Å²) in [5.74, 6) is 0.358. The fourth-order valence-corrected chi connectivity index (χ4v) is 2.45. The molecular formula is C16H21N3O2. The van der Waals surface area contributed by atoms with Gasteiger partial charge in [-0.25, -0.2) is 0 Å². The molecule has 0 unspecified atom stereocenters. The van der Waals surface area contributed by atoms with Crippen LogP contribution in [0, 0.1) is 5.92 Å². The highest BCUT2D eigenvalue weighted by Crippen LogP contribution is 2.17. The number of pyridine rings is 1. The van der Waals surface area contributed by atoms with Crippen LogP contribution in [-0.4, -0.2) is 41.3 Å². The number of nitrogens with one attached hydrogen (secondary N) is 1. The lowest BCUT2D eigenvalue weighted by atomic mass is 9.96. The van der Waals surface area contributed by atoms with Crippen LogP contribution in [0.25, 0.3) is 0 Å². The van der Waals surface area contributed by atoms with Crippen molar-refractivity contribution in [3.63, 3.8) is 0 Å². The number of carbonyl (C=O) groups excluding carboxylic acids is 2. The predicted molar refractivity (Wildman–Crippen MR) is 80.7 cm³/mol. The van der Waals surface area contributed by atoms with E-state index in [0.717, 1.165) is 25.9 Å². The average Bonchev–Trinajstić information content (AvgIpc) is 2.53. The van der Waals surface area contributed by atoms with Crippen LogP contribution in [0.4, 0.5) is 0 Å². The van der Waals surface area contributed by atoms with E-state index in [2.05, 4.69) is 16.9 Å². The van der Waals surface area contributed by atoms with Crippen LogP contribution in [0.5, 0.6) is 0 Å². The SMILES string of the molecule is C=C(C)C(=O)N1CCC(CNC(=O)c2cccnc2)CC1. The molecule has 0 aliphatic carbocycles. The molecule has 0 aromatic carbocycles. The van der Waals surface area contributed by atoms with Gasteiger partial charge >= 0.3 is 0 Å². The molecule has 5 nitrogen and oxygen atoms in total. The van der Waals surface area contributed by atoms with Crippen molar-refractivity contribution >= 4 is 11.8 Å². The third kappa shape index (κ3) is 4.15. The number of piperidine rings is 1. The molecule has 2 heterocycles. The Morgan fingerprint density at radius 2 is 2.14 bits per heavy atom. The van der Waals surface area contributed by atoms with Gasteiger partial charge in [0.15, 0.2) is 0 Å². The average molecular weight is 287 g/mol. The highest BCUT2D eigenvalue weighted by molar-refractivity contribution is 5.93. The van der Waals surface area contributed by atoms with E-state index in [1.54, 1.807) is 31.5 Å². The zero-order valence-corrected chi connectivity index (χ0v) is 12.3. The number of hydrogen-bond donors (Lipinski definition) is 1. The highest BCUT2D eigenvalue weighted by Gasteiger charge is 2.23. The van der Waals surface area contributed by atoms with Gasteiger partial charge in [0, 0.05) is 37.6 Å². The number of aromatic nitrogens is 1. The number of rotatable bonds is 4. The first kappa shape index (κ1) is 15.2. The minimum absolute atomic E-state index is 0.0350. The Morgan fingerprint density at radius 1 is 1.43 bits per heavy atom. The molecule has 1 aliphatic rings. The van der Waals surface area contributed by atoms with Crippen LogP contribution in [0.1, 0.15) is 30.1 Å². The molecule has 0 atom stereocenters. The molecule has 1 aromatic rings. The first-order chi connectivity index (χ1) is 10.1. The molecule has 0 spiro atoms. The van der Waals surface area contributed by atoms with Gasteiger partial charge in [-0.2, -0.15) is 0 Å². The van der Waals surface area contributed by atoms with E-state index < -0.39 is 0 Å². The van der Waals surface area contributed by atoms with Gasteiger partial charge in [-0.05, 0) is 37.8 Å². The molecule has 1 aromatic heterocycles. The highest BCUT2D eigenvalue weighted by atomic mass is 16.2. The van der Waals surface area contributed by atoms with Gasteiger partial charge in [0.05, 0.1) is 5.56 Å². The van der Waals surface area contributed by atoms with Gasteiger partial charge < -0.3 is 10.2 Å². The van der Waals surface area contributed by atoms with Crippen LogP contribution < -0.4 is 5.32 Å². The van der Waals surface area contributed by atoms with Crippen LogP contribution in [-0.2, 0) is 4.79 Å². The maximum atomic E-state index is 11.9. The normalized spacial score (nSPS) is 15.6. The largest absolute Gasteiger partial charge is 0.352 e. The summed E-state index contributed by atoms with van der Waals surface area (Å²) >= 11 is 0. The summed E-state index contributed by atoms with van der Waals surface area (Å²) in [7, 11) is 0. The maximum Gasteiger partial charge on any atom is 0.252 e. The van der Waals surface area contributed by atoms with Crippen molar-refractivity contribution in [2.45, 2.75) is 19.8 Å². The molecule has 112 valence electrons. The Kier molecular flexibility index (Phi) is 5.09. The van der Waals surface area contributed by atoms with E-state index >= 15 is 0 Å². The summed E-state index contributed by atoms with van der Waals surface area (Å²) in [4.78, 5) is 29.5. The molecule has 1 saturated heterocycles. The van der Waals surface area contributed by atoms with Gasteiger partial charge in [-0.3, -0.25) is 14.6 Å². The van der Waals surface area contributed by atoms with E-state index in [9.17, 15) is 9.59 Å². The lowest BCUT2D eigenvalue weighted by molar-refractivity contribution is -0.128. The van der Waals surface area contributed by atoms with Crippen molar-refractivity contribution in [3.05, 3.63) is 42.2 Å². The summed E-state index contributed by atoms with van der Waals surface area (Å²) in [5.41, 5.74) is 1.16. The molecule has 1 aliphatic heterocycles. The van der Waals surface area contributed by atoms with E-state index in [4.69, 9.17) is 0 Å². The van der Waals surface area contributed by atoms with Crippen LogP contribution >= 0.6 is 0 Å². The van der Waals surface area contributed by atoms with Gasteiger partial charge in [0.2, 0.25) is 5.91 Å². The first-order valence-corrected chi connectivity index (χ1v) is 7.21. The lowest BCUT2D eigenvalue weighted by Crippen LogP contribution is -2.41. The fourth-order valence-electron chi connectivity index (χ4n) is 2.45. The Balaban J connectivity index is 1.75. The first-order valence-electron chi connectivity index (χ1n) is 7.21. The fraction of sp³-hybridized carbons (Fsp3) is 0.438. The van der Waals surface area contributed by atoms with Gasteiger partial charge in [-0.15, -0.1) is 0 Å². The van der Waals surface area contributed by atoms with Crippen molar-refractivity contribution in [1.82, 2.24) is 15.2 Å². The van der Waals surface area contributed by atoms with Gasteiger partial charge in [0.25, 0.3) is 5.91 Å². The Bertz CT molecular complexity index is 520. The number of carbonyl (C=O) groups is 2. The third-order valence-electron chi connectivity index (χ3n) is 3.74. The van der Waals surface area contributed by atoms with Crippen molar-refractivity contribution in [3.8, 4) is 0 Å². The summed E-state index contributed by atoms with van der Waals surface area (Å²) in [5, 5.41) is 2.94. The summed E-state index contributed by atoms with van der Waals surface area (Å²) in [6, 6.07) is 3.49. The molecular weight excluding hydrogens is 266 g/mol. The lowest BCUT2D eigenvalue weighted by Gasteiger charge is -2.32. The molecule has 0 radical (unpaired) electrons. The monoisotopic (exact) mass is 287 g/mol. The molecule has 2 amide bonds. The minimum Gasteiger partial charge on any atom is -0.352 e. The summed E-state index contributed by atoms with van der Waals surface area (Å²) < 4.78 is 0. The van der Waals surface area contributed by atoms with Gasteiger partial charge in [0.1, 0.15) is 0 Å². The second kappa shape index (κ2) is 7.02. The second-order valence-corrected chi connectivity index (χ2v) is 5.47. The Labute approximate surface area is 125 Å². The smallest absolute Gasteiger partial charge is 0.252 e. The number of nitrogens with zero attached hydrogens (tertiary/aromatic N) is 2. The zero-order chi connectivity index (χ0) is 15.2. The zero-order valence-electron chi connectivity index (χ0n) is 12.3. The molecule has 5 heteroatoms. The van der Waals surface area contributed by atoms with Crippen molar-refractivity contribution in [2.24, 2.45) is 5.92 Å². The predicted octanol–water partition coefficient (Wildman–Crippen LogP) is 1.63. The molecule has 0 saturated carbocycles. The molecule has 2 rings (SSSR count). The topological polar surface area (TPSA) is 62.3 Å². The number of amides is 2. The molecule has 1 fully saturated rings. The van der Waals surface area contributed by atoms with Crippen LogP contribution in [0.3, 0.4) is 0 Å². The molecule has 1 N–H and O–H groups in total. The van der Waals surface area contributed by atoms with Crippen molar-refractivity contribution in [2.75, 3.05) is 19.6 Å². The summed E-state index contributed by atoms with van der Waals surface area (Å²) in [6.45, 7) is 7.54. The van der Waals surface area contributed by atoms with Crippen molar-refractivity contribution < 1.29 is 9.59 Å². The van der Waals surface area contributed by atoms with E-state index in [1.165, 1.54) is 0 Å². The van der Waals surface area contributed by atoms with Crippen molar-refractivity contribution in [1.29, 1.82) is 0 Å². The third-order valence-corrected chi connectivity index (χ3v) is 3.74. The summed E-state index contributed by atoms with van der Waals surface area (Å²) in [6.07, 6.45) is 5.02. The van der Waals surface area contributed by atoms with E-state index in [0.29, 0.717) is 23.6 Å². The quantitative estimate of drug-likeness (QED) is 0.856. The van der Waals surface area contributed by atoms with Crippen LogP contribution in [0.15, 0.2) is 36.7 Å². The Morgan fingerprint density at radius 3 is 2.71 bits per heavy atom.